The van der Waals surface area contributed by atoms with Crippen molar-refractivity contribution in [1.29, 1.82) is 0 Å². The summed E-state index contributed by atoms with van der Waals surface area (Å²) in [6.07, 6.45) is -3.33. The zero-order valence-electron chi connectivity index (χ0n) is 10.6. The molecule has 6 heteroatoms. The molecule has 106 valence electrons. The number of hydrogen-bond donors (Lipinski definition) is 0. The molecule has 0 amide bonds. The fourth-order valence-corrected chi connectivity index (χ4v) is 2.13. The SMILES string of the molecule is O=c1cnn(-c2cccc(C(F)(F)F)c2)c2ccccc12. The number of fused-ring (bicyclic) bond motifs is 1. The van der Waals surface area contributed by atoms with E-state index in [4.69, 9.17) is 0 Å². The van der Waals surface area contributed by atoms with Gasteiger partial charge in [0, 0.05) is 5.39 Å². The Balaban J connectivity index is 2.27. The maximum Gasteiger partial charge on any atom is 0.416 e. The van der Waals surface area contributed by atoms with Gasteiger partial charge in [0.15, 0.2) is 0 Å². The molecule has 0 spiro atoms. The van der Waals surface area contributed by atoms with Gasteiger partial charge in [-0.2, -0.15) is 18.3 Å². The van der Waals surface area contributed by atoms with Crippen LogP contribution >= 0.6 is 0 Å². The van der Waals surface area contributed by atoms with E-state index in [-0.39, 0.29) is 11.1 Å². The van der Waals surface area contributed by atoms with Crippen LogP contribution in [0.3, 0.4) is 0 Å². The molecule has 1 aromatic heterocycles. The summed E-state index contributed by atoms with van der Waals surface area (Å²) in [4.78, 5) is 11.7. The van der Waals surface area contributed by atoms with E-state index in [0.717, 1.165) is 18.3 Å². The van der Waals surface area contributed by atoms with E-state index < -0.39 is 11.7 Å². The van der Waals surface area contributed by atoms with Gasteiger partial charge in [-0.05, 0) is 30.3 Å². The summed E-state index contributed by atoms with van der Waals surface area (Å²) in [5, 5.41) is 4.34. The first-order valence-electron chi connectivity index (χ1n) is 6.11. The van der Waals surface area contributed by atoms with Gasteiger partial charge in [-0.1, -0.05) is 18.2 Å². The lowest BCUT2D eigenvalue weighted by Gasteiger charge is -2.12. The monoisotopic (exact) mass is 290 g/mol. The Morgan fingerprint density at radius 1 is 1.00 bits per heavy atom. The molecule has 0 aliphatic heterocycles. The van der Waals surface area contributed by atoms with Crippen LogP contribution in [0.1, 0.15) is 5.56 Å². The number of benzene rings is 2. The molecule has 21 heavy (non-hydrogen) atoms. The topological polar surface area (TPSA) is 34.9 Å². The van der Waals surface area contributed by atoms with Crippen LogP contribution < -0.4 is 5.43 Å². The average Bonchev–Trinajstić information content (AvgIpc) is 2.47. The molecule has 0 atom stereocenters. The minimum absolute atomic E-state index is 0.251. The summed E-state index contributed by atoms with van der Waals surface area (Å²) in [5.74, 6) is 0. The van der Waals surface area contributed by atoms with Gasteiger partial charge in [-0.15, -0.1) is 0 Å². The van der Waals surface area contributed by atoms with Gasteiger partial charge < -0.3 is 0 Å². The third-order valence-corrected chi connectivity index (χ3v) is 3.11. The standard InChI is InChI=1S/C15H9F3N2O/c16-15(17,18)10-4-3-5-11(8-10)20-13-7-2-1-6-12(13)14(21)9-19-20/h1-9H. The van der Waals surface area contributed by atoms with Gasteiger partial charge in [-0.25, -0.2) is 4.68 Å². The first-order chi connectivity index (χ1) is 9.97. The number of halogens is 3. The van der Waals surface area contributed by atoms with E-state index in [9.17, 15) is 18.0 Å². The molecule has 0 radical (unpaired) electrons. The molecule has 2 aromatic carbocycles. The summed E-state index contributed by atoms with van der Waals surface area (Å²) in [6.45, 7) is 0. The van der Waals surface area contributed by atoms with Gasteiger partial charge in [0.05, 0.1) is 23.0 Å². The highest BCUT2D eigenvalue weighted by Gasteiger charge is 2.30. The van der Waals surface area contributed by atoms with E-state index in [1.54, 1.807) is 24.3 Å². The van der Waals surface area contributed by atoms with Crippen LogP contribution in [0.25, 0.3) is 16.6 Å². The molecule has 0 saturated heterocycles. The fraction of sp³-hybridized carbons (Fsp3) is 0.0667. The Hall–Kier alpha value is -2.63. The molecule has 3 rings (SSSR count). The van der Waals surface area contributed by atoms with Crippen LogP contribution in [0.4, 0.5) is 13.2 Å². The van der Waals surface area contributed by atoms with Crippen LogP contribution in [-0.2, 0) is 6.18 Å². The molecule has 3 aromatic rings. The Kier molecular flexibility index (Phi) is 3.01. The van der Waals surface area contributed by atoms with Gasteiger partial charge >= 0.3 is 6.18 Å². The molecule has 0 fully saturated rings. The smallest absolute Gasteiger partial charge is 0.287 e. The van der Waals surface area contributed by atoms with E-state index in [1.807, 2.05) is 0 Å². The molecular formula is C15H9F3N2O. The zero-order valence-corrected chi connectivity index (χ0v) is 10.6. The summed E-state index contributed by atoms with van der Waals surface area (Å²) in [6, 6.07) is 11.5. The van der Waals surface area contributed by atoms with Crippen molar-refractivity contribution >= 4 is 10.9 Å². The second-order valence-corrected chi connectivity index (χ2v) is 4.49. The lowest BCUT2D eigenvalue weighted by atomic mass is 10.2. The number of alkyl halides is 3. The third-order valence-electron chi connectivity index (χ3n) is 3.11. The predicted molar refractivity (Wildman–Crippen MR) is 72.3 cm³/mol. The normalized spacial score (nSPS) is 11.8. The first-order valence-corrected chi connectivity index (χ1v) is 6.11. The van der Waals surface area contributed by atoms with Crippen molar-refractivity contribution in [3.63, 3.8) is 0 Å². The van der Waals surface area contributed by atoms with Crippen molar-refractivity contribution in [3.8, 4) is 5.69 Å². The summed E-state index contributed by atoms with van der Waals surface area (Å²) >= 11 is 0. The predicted octanol–water partition coefficient (Wildman–Crippen LogP) is 3.40. The molecule has 3 nitrogen and oxygen atoms in total. The highest BCUT2D eigenvalue weighted by Crippen LogP contribution is 2.30. The molecule has 0 aliphatic rings. The van der Waals surface area contributed by atoms with Crippen molar-refractivity contribution in [3.05, 3.63) is 70.5 Å². The molecule has 1 heterocycles. The average molecular weight is 290 g/mol. The Bertz CT molecular complexity index is 868. The second kappa shape index (κ2) is 4.73. The summed E-state index contributed by atoms with van der Waals surface area (Å²) < 4.78 is 39.7. The highest BCUT2D eigenvalue weighted by molar-refractivity contribution is 5.79. The Labute approximate surface area is 117 Å². The second-order valence-electron chi connectivity index (χ2n) is 4.49. The number of para-hydroxylation sites is 1. The fourth-order valence-electron chi connectivity index (χ4n) is 2.13. The Morgan fingerprint density at radius 2 is 1.76 bits per heavy atom. The van der Waals surface area contributed by atoms with E-state index >= 15 is 0 Å². The number of aromatic nitrogens is 2. The van der Waals surface area contributed by atoms with Crippen molar-refractivity contribution in [2.45, 2.75) is 6.18 Å². The number of rotatable bonds is 1. The van der Waals surface area contributed by atoms with E-state index in [0.29, 0.717) is 10.9 Å². The zero-order chi connectivity index (χ0) is 15.0. The van der Waals surface area contributed by atoms with Crippen molar-refractivity contribution in [2.24, 2.45) is 0 Å². The van der Waals surface area contributed by atoms with Crippen LogP contribution in [0.2, 0.25) is 0 Å². The molecule has 0 N–H and O–H groups in total. The van der Waals surface area contributed by atoms with E-state index in [1.165, 1.54) is 16.8 Å². The van der Waals surface area contributed by atoms with Crippen LogP contribution in [0.5, 0.6) is 0 Å². The van der Waals surface area contributed by atoms with Gasteiger partial charge in [0.25, 0.3) is 0 Å². The van der Waals surface area contributed by atoms with Crippen LogP contribution in [0.15, 0.2) is 59.5 Å². The lowest BCUT2D eigenvalue weighted by molar-refractivity contribution is -0.137. The largest absolute Gasteiger partial charge is 0.416 e. The van der Waals surface area contributed by atoms with Gasteiger partial charge in [0.2, 0.25) is 5.43 Å². The number of hydrogen-bond acceptors (Lipinski definition) is 2. The summed E-state index contributed by atoms with van der Waals surface area (Å²) in [7, 11) is 0. The minimum atomic E-state index is -4.43. The van der Waals surface area contributed by atoms with E-state index in [2.05, 4.69) is 5.10 Å². The first kappa shape index (κ1) is 13.4. The van der Waals surface area contributed by atoms with Crippen molar-refractivity contribution in [1.82, 2.24) is 9.78 Å². The molecule has 0 aliphatic carbocycles. The molecular weight excluding hydrogens is 281 g/mol. The molecule has 0 bridgehead atoms. The molecule has 0 saturated carbocycles. The lowest BCUT2D eigenvalue weighted by Crippen LogP contribution is -2.12. The third kappa shape index (κ3) is 2.40. The maximum absolute atomic E-state index is 12.8. The van der Waals surface area contributed by atoms with Crippen molar-refractivity contribution < 1.29 is 13.2 Å². The Morgan fingerprint density at radius 3 is 2.52 bits per heavy atom. The minimum Gasteiger partial charge on any atom is -0.287 e. The van der Waals surface area contributed by atoms with Gasteiger partial charge in [-0.3, -0.25) is 4.79 Å². The van der Waals surface area contributed by atoms with Gasteiger partial charge in [0.1, 0.15) is 0 Å². The highest BCUT2D eigenvalue weighted by atomic mass is 19.4. The van der Waals surface area contributed by atoms with Crippen LogP contribution in [0, 0.1) is 0 Å². The van der Waals surface area contributed by atoms with Crippen molar-refractivity contribution in [2.75, 3.05) is 0 Å². The molecule has 0 unspecified atom stereocenters. The number of nitrogens with zero attached hydrogens (tertiary/aromatic N) is 2. The van der Waals surface area contributed by atoms with Crippen LogP contribution in [-0.4, -0.2) is 9.78 Å². The quantitative estimate of drug-likeness (QED) is 0.688. The summed E-state index contributed by atoms with van der Waals surface area (Å²) in [5.41, 5.74) is -0.316. The maximum atomic E-state index is 12.8.